The zero-order valence-electron chi connectivity index (χ0n) is 11.2. The Balaban J connectivity index is 4.16. The van der Waals surface area contributed by atoms with Gasteiger partial charge in [-0.3, -0.25) is 9.59 Å². The van der Waals surface area contributed by atoms with E-state index in [0.29, 0.717) is 12.6 Å². The molecule has 5 nitrogen and oxygen atoms in total. The molecule has 0 aliphatic carbocycles. The van der Waals surface area contributed by atoms with E-state index in [4.69, 9.17) is 5.73 Å². The average molecular weight is 243 g/mol. The third-order valence-corrected chi connectivity index (χ3v) is 2.70. The summed E-state index contributed by atoms with van der Waals surface area (Å²) < 4.78 is 0. The Morgan fingerprint density at radius 2 is 2.00 bits per heavy atom. The summed E-state index contributed by atoms with van der Waals surface area (Å²) in [6, 6.07) is 0.306. The Bertz CT molecular complexity index is 244. The van der Waals surface area contributed by atoms with E-state index in [0.717, 1.165) is 19.3 Å². The third kappa shape index (κ3) is 7.74. The largest absolute Gasteiger partial charge is 0.368 e. The highest BCUT2D eigenvalue weighted by molar-refractivity contribution is 5.84. The van der Waals surface area contributed by atoms with Crippen LogP contribution in [0, 0.1) is 0 Å². The maximum absolute atomic E-state index is 11.9. The van der Waals surface area contributed by atoms with Gasteiger partial charge in [0.05, 0.1) is 13.1 Å². The summed E-state index contributed by atoms with van der Waals surface area (Å²) in [6.45, 7) is 7.01. The molecule has 0 aromatic rings. The molecule has 0 saturated heterocycles. The average Bonchev–Trinajstić information content (AvgIpc) is 2.30. The number of amides is 2. The van der Waals surface area contributed by atoms with Crippen LogP contribution in [0.2, 0.25) is 0 Å². The van der Waals surface area contributed by atoms with Gasteiger partial charge in [0.15, 0.2) is 0 Å². The normalized spacial score (nSPS) is 12.2. The van der Waals surface area contributed by atoms with Gasteiger partial charge in [-0.05, 0) is 19.8 Å². The van der Waals surface area contributed by atoms with Crippen LogP contribution in [-0.2, 0) is 9.59 Å². The van der Waals surface area contributed by atoms with Crippen molar-refractivity contribution in [2.75, 3.05) is 19.6 Å². The molecule has 100 valence electrons. The number of unbranched alkanes of at least 4 members (excludes halogenated alkanes) is 1. The van der Waals surface area contributed by atoms with Crippen LogP contribution >= 0.6 is 0 Å². The van der Waals surface area contributed by atoms with E-state index in [1.807, 2.05) is 13.8 Å². The van der Waals surface area contributed by atoms with Gasteiger partial charge >= 0.3 is 0 Å². The molecule has 3 N–H and O–H groups in total. The summed E-state index contributed by atoms with van der Waals surface area (Å²) in [4.78, 5) is 24.3. The Kier molecular flexibility index (Phi) is 8.40. The maximum atomic E-state index is 11.9. The lowest BCUT2D eigenvalue weighted by atomic mass is 10.2. The summed E-state index contributed by atoms with van der Waals surface area (Å²) in [6.07, 6.45) is 2.85. The number of hydrogen-bond donors (Lipinski definition) is 2. The maximum Gasteiger partial charge on any atom is 0.237 e. The number of hydrogen-bond acceptors (Lipinski definition) is 3. The molecule has 0 heterocycles. The lowest BCUT2D eigenvalue weighted by Gasteiger charge is -2.22. The van der Waals surface area contributed by atoms with Gasteiger partial charge in [-0.1, -0.05) is 20.3 Å². The standard InChI is InChI=1S/C12H25N3O2/c1-4-6-7-15(9-11(13)16)12(17)8-14-10(3)5-2/h10,14H,4-9H2,1-3H3,(H2,13,16). The van der Waals surface area contributed by atoms with Crippen LogP contribution in [0.3, 0.4) is 0 Å². The van der Waals surface area contributed by atoms with Crippen LogP contribution in [-0.4, -0.2) is 42.4 Å². The predicted molar refractivity (Wildman–Crippen MR) is 68.4 cm³/mol. The van der Waals surface area contributed by atoms with Gasteiger partial charge < -0.3 is 16.0 Å². The van der Waals surface area contributed by atoms with E-state index >= 15 is 0 Å². The van der Waals surface area contributed by atoms with Crippen molar-refractivity contribution in [2.45, 2.75) is 46.1 Å². The molecule has 1 atom stereocenters. The first kappa shape index (κ1) is 15.9. The minimum Gasteiger partial charge on any atom is -0.368 e. The fraction of sp³-hybridized carbons (Fsp3) is 0.833. The fourth-order valence-electron chi connectivity index (χ4n) is 1.35. The van der Waals surface area contributed by atoms with Gasteiger partial charge in [0, 0.05) is 12.6 Å². The number of carbonyl (C=O) groups is 2. The highest BCUT2D eigenvalue weighted by atomic mass is 16.2. The number of carbonyl (C=O) groups excluding carboxylic acids is 2. The number of rotatable bonds is 9. The highest BCUT2D eigenvalue weighted by Crippen LogP contribution is 1.96. The molecule has 5 heteroatoms. The van der Waals surface area contributed by atoms with E-state index in [9.17, 15) is 9.59 Å². The van der Waals surface area contributed by atoms with E-state index < -0.39 is 5.91 Å². The van der Waals surface area contributed by atoms with Crippen LogP contribution in [0.5, 0.6) is 0 Å². The van der Waals surface area contributed by atoms with Crippen LogP contribution in [0.25, 0.3) is 0 Å². The number of primary amides is 1. The first-order valence-electron chi connectivity index (χ1n) is 6.30. The first-order chi connectivity index (χ1) is 8.01. The zero-order chi connectivity index (χ0) is 13.3. The second kappa shape index (κ2) is 8.98. The minimum absolute atomic E-state index is 0.0149. The fourth-order valence-corrected chi connectivity index (χ4v) is 1.35. The lowest BCUT2D eigenvalue weighted by molar-refractivity contribution is -0.134. The molecular weight excluding hydrogens is 218 g/mol. The zero-order valence-corrected chi connectivity index (χ0v) is 11.2. The van der Waals surface area contributed by atoms with Crippen LogP contribution in [0.15, 0.2) is 0 Å². The summed E-state index contributed by atoms with van der Waals surface area (Å²) in [7, 11) is 0. The second-order valence-electron chi connectivity index (χ2n) is 4.33. The number of nitrogens with zero attached hydrogens (tertiary/aromatic N) is 1. The molecular formula is C12H25N3O2. The van der Waals surface area contributed by atoms with Gasteiger partial charge in [0.2, 0.25) is 11.8 Å². The Labute approximate surface area is 104 Å². The minimum atomic E-state index is -0.460. The lowest BCUT2D eigenvalue weighted by Crippen LogP contribution is -2.44. The molecule has 0 bridgehead atoms. The van der Waals surface area contributed by atoms with Gasteiger partial charge in [0.25, 0.3) is 0 Å². The summed E-state index contributed by atoms with van der Waals surface area (Å²) in [5, 5.41) is 3.12. The predicted octanol–water partition coefficient (Wildman–Crippen LogP) is 0.489. The van der Waals surface area contributed by atoms with Crippen LogP contribution in [0.4, 0.5) is 0 Å². The topological polar surface area (TPSA) is 75.4 Å². The van der Waals surface area contributed by atoms with Crippen LogP contribution < -0.4 is 11.1 Å². The summed E-state index contributed by atoms with van der Waals surface area (Å²) in [5.74, 6) is -0.518. The molecule has 1 unspecified atom stereocenters. The monoisotopic (exact) mass is 243 g/mol. The molecule has 0 spiro atoms. The van der Waals surface area contributed by atoms with E-state index in [1.165, 1.54) is 4.90 Å². The number of nitrogens with one attached hydrogen (secondary N) is 1. The molecule has 0 aromatic carbocycles. The first-order valence-corrected chi connectivity index (χ1v) is 6.30. The van der Waals surface area contributed by atoms with E-state index in [-0.39, 0.29) is 19.0 Å². The van der Waals surface area contributed by atoms with Gasteiger partial charge in [0.1, 0.15) is 0 Å². The smallest absolute Gasteiger partial charge is 0.237 e. The van der Waals surface area contributed by atoms with Gasteiger partial charge in [-0.15, -0.1) is 0 Å². The second-order valence-corrected chi connectivity index (χ2v) is 4.33. The molecule has 0 radical (unpaired) electrons. The molecule has 0 fully saturated rings. The van der Waals surface area contributed by atoms with Gasteiger partial charge in [-0.2, -0.15) is 0 Å². The number of nitrogens with two attached hydrogens (primary N) is 1. The van der Waals surface area contributed by atoms with E-state index in [1.54, 1.807) is 0 Å². The van der Waals surface area contributed by atoms with Crippen molar-refractivity contribution in [2.24, 2.45) is 5.73 Å². The van der Waals surface area contributed by atoms with Crippen molar-refractivity contribution < 1.29 is 9.59 Å². The quantitative estimate of drug-likeness (QED) is 0.619. The highest BCUT2D eigenvalue weighted by Gasteiger charge is 2.15. The van der Waals surface area contributed by atoms with Crippen molar-refractivity contribution in [3.8, 4) is 0 Å². The summed E-state index contributed by atoms with van der Waals surface area (Å²) >= 11 is 0. The molecule has 2 amide bonds. The third-order valence-electron chi connectivity index (χ3n) is 2.70. The molecule has 0 saturated carbocycles. The van der Waals surface area contributed by atoms with E-state index in [2.05, 4.69) is 12.2 Å². The Morgan fingerprint density at radius 3 is 2.47 bits per heavy atom. The molecule has 0 aromatic heterocycles. The van der Waals surface area contributed by atoms with Crippen molar-refractivity contribution in [3.63, 3.8) is 0 Å². The summed E-state index contributed by atoms with van der Waals surface area (Å²) in [5.41, 5.74) is 5.13. The van der Waals surface area contributed by atoms with Crippen molar-refractivity contribution >= 4 is 11.8 Å². The Hall–Kier alpha value is -1.10. The SMILES string of the molecule is CCCCN(CC(N)=O)C(=O)CNC(C)CC. The van der Waals surface area contributed by atoms with Crippen molar-refractivity contribution in [1.29, 1.82) is 0 Å². The molecule has 0 aliphatic rings. The molecule has 17 heavy (non-hydrogen) atoms. The molecule has 0 rings (SSSR count). The van der Waals surface area contributed by atoms with Crippen molar-refractivity contribution in [3.05, 3.63) is 0 Å². The molecule has 0 aliphatic heterocycles. The Morgan fingerprint density at radius 1 is 1.35 bits per heavy atom. The van der Waals surface area contributed by atoms with Gasteiger partial charge in [-0.25, -0.2) is 0 Å². The van der Waals surface area contributed by atoms with Crippen LogP contribution in [0.1, 0.15) is 40.0 Å². The van der Waals surface area contributed by atoms with Crippen molar-refractivity contribution in [1.82, 2.24) is 10.2 Å².